The largest absolute Gasteiger partial charge is 0.497 e. The Bertz CT molecular complexity index is 839. The fourth-order valence-electron chi connectivity index (χ4n) is 2.31. The van der Waals surface area contributed by atoms with Gasteiger partial charge in [0.1, 0.15) is 5.75 Å². The van der Waals surface area contributed by atoms with Crippen LogP contribution in [0.5, 0.6) is 5.75 Å². The van der Waals surface area contributed by atoms with E-state index in [-0.39, 0.29) is 6.03 Å². The van der Waals surface area contributed by atoms with Gasteiger partial charge in [0.15, 0.2) is 11.7 Å². The lowest BCUT2D eigenvalue weighted by atomic mass is 10.2. The molecule has 0 atom stereocenters. The molecule has 0 aliphatic carbocycles. The molecule has 3 rings (SSSR count). The van der Waals surface area contributed by atoms with Gasteiger partial charge in [-0.2, -0.15) is 0 Å². The number of carbonyl (C=O) groups is 1. The molecule has 1 aromatic heterocycles. The molecule has 2 amide bonds. The van der Waals surface area contributed by atoms with Crippen molar-refractivity contribution in [1.82, 2.24) is 10.3 Å². The van der Waals surface area contributed by atoms with E-state index in [0.717, 1.165) is 16.9 Å². The zero-order valence-corrected chi connectivity index (χ0v) is 14.1. The molecule has 128 valence electrons. The fourth-order valence-corrected chi connectivity index (χ4v) is 2.31. The number of oxazole rings is 1. The van der Waals surface area contributed by atoms with Crippen LogP contribution in [-0.2, 0) is 6.54 Å². The Labute approximate surface area is 145 Å². The molecule has 0 saturated carbocycles. The van der Waals surface area contributed by atoms with E-state index in [2.05, 4.69) is 15.6 Å². The molecule has 6 heteroatoms. The molecule has 0 saturated heterocycles. The predicted molar refractivity (Wildman–Crippen MR) is 95.5 cm³/mol. The van der Waals surface area contributed by atoms with E-state index in [1.807, 2.05) is 48.5 Å². The summed E-state index contributed by atoms with van der Waals surface area (Å²) < 4.78 is 10.6. The second kappa shape index (κ2) is 7.53. The molecular formula is C19H19N3O3. The summed E-state index contributed by atoms with van der Waals surface area (Å²) in [6, 6.07) is 14.7. The summed E-state index contributed by atoms with van der Waals surface area (Å²) in [4.78, 5) is 16.1. The quantitative estimate of drug-likeness (QED) is 0.738. The molecule has 0 aliphatic heterocycles. The smallest absolute Gasteiger partial charge is 0.319 e. The lowest BCUT2D eigenvalue weighted by Crippen LogP contribution is -2.28. The van der Waals surface area contributed by atoms with Crippen molar-refractivity contribution in [3.63, 3.8) is 0 Å². The fraction of sp³-hybridized carbons (Fsp3) is 0.158. The summed E-state index contributed by atoms with van der Waals surface area (Å²) in [5.74, 6) is 2.11. The number of aromatic nitrogens is 1. The first-order valence-electron chi connectivity index (χ1n) is 7.85. The van der Waals surface area contributed by atoms with Crippen LogP contribution in [0.2, 0.25) is 0 Å². The van der Waals surface area contributed by atoms with E-state index in [1.54, 1.807) is 20.2 Å². The lowest BCUT2D eigenvalue weighted by molar-refractivity contribution is 0.251. The number of nitrogens with one attached hydrogen (secondary N) is 2. The first-order chi connectivity index (χ1) is 12.1. The SMILES string of the molecule is COc1ccc(CNC(=O)Nc2ccc(-c3cnc(C)o3)cc2)cc1. The molecule has 0 aliphatic rings. The summed E-state index contributed by atoms with van der Waals surface area (Å²) >= 11 is 0. The summed E-state index contributed by atoms with van der Waals surface area (Å²) in [6.07, 6.45) is 1.68. The summed E-state index contributed by atoms with van der Waals surface area (Å²) in [5, 5.41) is 5.61. The van der Waals surface area contributed by atoms with Crippen molar-refractivity contribution >= 4 is 11.7 Å². The van der Waals surface area contributed by atoms with Crippen LogP contribution in [0.1, 0.15) is 11.5 Å². The van der Waals surface area contributed by atoms with Crippen molar-refractivity contribution in [2.45, 2.75) is 13.5 Å². The van der Waals surface area contributed by atoms with Crippen LogP contribution in [-0.4, -0.2) is 18.1 Å². The standard InChI is InChI=1S/C19H19N3O3/c1-13-20-12-18(25-13)15-5-7-16(8-6-15)22-19(23)21-11-14-3-9-17(24-2)10-4-14/h3-10,12H,11H2,1-2H3,(H2,21,22,23). The van der Waals surface area contributed by atoms with Gasteiger partial charge in [0.05, 0.1) is 13.3 Å². The third-order valence-corrected chi connectivity index (χ3v) is 3.66. The molecule has 25 heavy (non-hydrogen) atoms. The van der Waals surface area contributed by atoms with Gasteiger partial charge in [-0.05, 0) is 42.0 Å². The van der Waals surface area contributed by atoms with Gasteiger partial charge in [0, 0.05) is 24.7 Å². The molecule has 2 N–H and O–H groups in total. The van der Waals surface area contributed by atoms with E-state index in [1.165, 1.54) is 0 Å². The summed E-state index contributed by atoms with van der Waals surface area (Å²) in [5.41, 5.74) is 2.60. The summed E-state index contributed by atoms with van der Waals surface area (Å²) in [6.45, 7) is 2.23. The van der Waals surface area contributed by atoms with E-state index in [0.29, 0.717) is 23.9 Å². The van der Waals surface area contributed by atoms with Gasteiger partial charge < -0.3 is 19.8 Å². The third kappa shape index (κ3) is 4.38. The molecule has 0 fully saturated rings. The van der Waals surface area contributed by atoms with Crippen molar-refractivity contribution in [3.05, 3.63) is 66.2 Å². The minimum atomic E-state index is -0.265. The van der Waals surface area contributed by atoms with Crippen LogP contribution < -0.4 is 15.4 Å². The van der Waals surface area contributed by atoms with Gasteiger partial charge in [0.25, 0.3) is 0 Å². The van der Waals surface area contributed by atoms with E-state index in [9.17, 15) is 4.79 Å². The first-order valence-corrected chi connectivity index (χ1v) is 7.85. The number of nitrogens with zero attached hydrogens (tertiary/aromatic N) is 1. The second-order valence-electron chi connectivity index (χ2n) is 5.48. The number of ether oxygens (including phenoxy) is 1. The average molecular weight is 337 g/mol. The Balaban J connectivity index is 1.53. The Morgan fingerprint density at radius 3 is 2.44 bits per heavy atom. The van der Waals surface area contributed by atoms with Gasteiger partial charge in [-0.3, -0.25) is 0 Å². The van der Waals surface area contributed by atoms with Gasteiger partial charge >= 0.3 is 6.03 Å². The zero-order valence-electron chi connectivity index (χ0n) is 14.1. The highest BCUT2D eigenvalue weighted by atomic mass is 16.5. The minimum absolute atomic E-state index is 0.265. The number of methoxy groups -OCH3 is 1. The monoisotopic (exact) mass is 337 g/mol. The molecule has 6 nitrogen and oxygen atoms in total. The Kier molecular flexibility index (Phi) is 4.99. The van der Waals surface area contributed by atoms with Crippen molar-refractivity contribution in [3.8, 4) is 17.1 Å². The maximum Gasteiger partial charge on any atom is 0.319 e. The number of benzene rings is 2. The highest BCUT2D eigenvalue weighted by Gasteiger charge is 2.05. The maximum atomic E-state index is 12.0. The molecule has 1 heterocycles. The van der Waals surface area contributed by atoms with Crippen LogP contribution in [0.25, 0.3) is 11.3 Å². The Morgan fingerprint density at radius 1 is 1.12 bits per heavy atom. The van der Waals surface area contributed by atoms with Gasteiger partial charge in [-0.15, -0.1) is 0 Å². The van der Waals surface area contributed by atoms with E-state index < -0.39 is 0 Å². The number of hydrogen-bond donors (Lipinski definition) is 2. The molecule has 0 spiro atoms. The molecule has 0 bridgehead atoms. The lowest BCUT2D eigenvalue weighted by Gasteiger charge is -2.08. The van der Waals surface area contributed by atoms with Crippen molar-refractivity contribution < 1.29 is 13.9 Å². The van der Waals surface area contributed by atoms with Crippen LogP contribution >= 0.6 is 0 Å². The highest BCUT2D eigenvalue weighted by Crippen LogP contribution is 2.22. The Morgan fingerprint density at radius 2 is 1.84 bits per heavy atom. The number of hydrogen-bond acceptors (Lipinski definition) is 4. The molecular weight excluding hydrogens is 318 g/mol. The second-order valence-corrected chi connectivity index (χ2v) is 5.48. The molecule has 0 unspecified atom stereocenters. The predicted octanol–water partition coefficient (Wildman–Crippen LogP) is 3.98. The highest BCUT2D eigenvalue weighted by molar-refractivity contribution is 5.89. The average Bonchev–Trinajstić information content (AvgIpc) is 3.07. The van der Waals surface area contributed by atoms with Crippen LogP contribution in [0.4, 0.5) is 10.5 Å². The van der Waals surface area contributed by atoms with Crippen molar-refractivity contribution in [1.29, 1.82) is 0 Å². The van der Waals surface area contributed by atoms with Gasteiger partial charge in [0.2, 0.25) is 0 Å². The van der Waals surface area contributed by atoms with Gasteiger partial charge in [-0.1, -0.05) is 12.1 Å². The third-order valence-electron chi connectivity index (χ3n) is 3.66. The topological polar surface area (TPSA) is 76.4 Å². The van der Waals surface area contributed by atoms with Crippen LogP contribution in [0, 0.1) is 6.92 Å². The van der Waals surface area contributed by atoms with Crippen LogP contribution in [0.3, 0.4) is 0 Å². The minimum Gasteiger partial charge on any atom is -0.497 e. The van der Waals surface area contributed by atoms with E-state index >= 15 is 0 Å². The van der Waals surface area contributed by atoms with Crippen LogP contribution in [0.15, 0.2) is 59.1 Å². The molecule has 3 aromatic rings. The zero-order chi connectivity index (χ0) is 17.6. The molecule has 0 radical (unpaired) electrons. The first kappa shape index (κ1) is 16.6. The van der Waals surface area contributed by atoms with Gasteiger partial charge in [-0.25, -0.2) is 9.78 Å². The number of amides is 2. The maximum absolute atomic E-state index is 12.0. The number of anilines is 1. The van der Waals surface area contributed by atoms with Crippen molar-refractivity contribution in [2.75, 3.05) is 12.4 Å². The number of aryl methyl sites for hydroxylation is 1. The normalized spacial score (nSPS) is 10.3. The van der Waals surface area contributed by atoms with Crippen molar-refractivity contribution in [2.24, 2.45) is 0 Å². The summed E-state index contributed by atoms with van der Waals surface area (Å²) in [7, 11) is 1.62. The number of urea groups is 1. The number of rotatable bonds is 5. The molecule has 2 aromatic carbocycles. The Hall–Kier alpha value is -3.28. The number of carbonyl (C=O) groups excluding carboxylic acids is 1. The van der Waals surface area contributed by atoms with E-state index in [4.69, 9.17) is 9.15 Å².